The number of hydrogen-bond donors (Lipinski definition) is 0. The van der Waals surface area contributed by atoms with Crippen LogP contribution in [0.25, 0.3) is 5.69 Å². The Kier molecular flexibility index (Phi) is 7.59. The zero-order chi connectivity index (χ0) is 24.2. The van der Waals surface area contributed by atoms with Crippen LogP contribution in [0.3, 0.4) is 0 Å². The van der Waals surface area contributed by atoms with E-state index in [2.05, 4.69) is 30.9 Å². The molecule has 0 spiro atoms. The molecule has 0 aliphatic carbocycles. The van der Waals surface area contributed by atoms with Gasteiger partial charge < -0.3 is 14.5 Å². The average Bonchev–Trinajstić information content (AvgIpc) is 3.47. The smallest absolute Gasteiger partial charge is 0.254 e. The maximum Gasteiger partial charge on any atom is 0.254 e. The number of halogens is 1. The van der Waals surface area contributed by atoms with Crippen molar-refractivity contribution in [3.8, 4) is 5.69 Å². The van der Waals surface area contributed by atoms with Gasteiger partial charge in [0.1, 0.15) is 5.82 Å². The van der Waals surface area contributed by atoms with Crippen LogP contribution in [0.15, 0.2) is 54.6 Å². The second kappa shape index (κ2) is 10.6. The number of para-hydroxylation sites is 1. The largest absolute Gasteiger partial charge is 0.376 e. The number of nitrogens with zero attached hydrogens (tertiary/aromatic N) is 4. The number of carbonyl (C=O) groups excluding carboxylic acids is 1. The minimum Gasteiger partial charge on any atom is -0.376 e. The van der Waals surface area contributed by atoms with Crippen molar-refractivity contribution in [2.45, 2.75) is 45.3 Å². The van der Waals surface area contributed by atoms with Gasteiger partial charge in [0.2, 0.25) is 0 Å². The lowest BCUT2D eigenvalue weighted by Crippen LogP contribution is -2.37. The van der Waals surface area contributed by atoms with E-state index in [1.165, 1.54) is 0 Å². The summed E-state index contributed by atoms with van der Waals surface area (Å²) in [4.78, 5) is 17.7. The normalized spacial score (nSPS) is 15.6. The van der Waals surface area contributed by atoms with Gasteiger partial charge >= 0.3 is 0 Å². The number of aromatic nitrogens is 2. The van der Waals surface area contributed by atoms with Crippen molar-refractivity contribution >= 4 is 23.3 Å². The molecule has 7 heteroatoms. The molecule has 180 valence electrons. The Morgan fingerprint density at radius 3 is 2.44 bits per heavy atom. The highest BCUT2D eigenvalue weighted by Gasteiger charge is 2.29. The number of carbonyl (C=O) groups is 1. The molecule has 1 fully saturated rings. The van der Waals surface area contributed by atoms with Crippen LogP contribution in [0.4, 0.5) is 5.82 Å². The van der Waals surface area contributed by atoms with Crippen LogP contribution in [-0.2, 0) is 11.3 Å². The average molecular weight is 481 g/mol. The Labute approximate surface area is 207 Å². The third-order valence-corrected chi connectivity index (χ3v) is 6.39. The van der Waals surface area contributed by atoms with Crippen molar-refractivity contribution in [1.82, 2.24) is 14.7 Å². The van der Waals surface area contributed by atoms with Gasteiger partial charge in [0.15, 0.2) is 0 Å². The molecule has 1 saturated heterocycles. The monoisotopic (exact) mass is 480 g/mol. The summed E-state index contributed by atoms with van der Waals surface area (Å²) >= 11 is 6.07. The molecular formula is C27H33ClN4O2. The molecule has 1 aromatic heterocycles. The molecule has 1 amide bonds. The van der Waals surface area contributed by atoms with Crippen molar-refractivity contribution < 1.29 is 9.53 Å². The molecule has 2 heterocycles. The molecule has 6 nitrogen and oxygen atoms in total. The first-order chi connectivity index (χ1) is 16.3. The first-order valence-electron chi connectivity index (χ1n) is 11.9. The topological polar surface area (TPSA) is 50.6 Å². The molecule has 2 aromatic carbocycles. The Hall–Kier alpha value is -2.83. The lowest BCUT2D eigenvalue weighted by molar-refractivity contribution is 0.0507. The van der Waals surface area contributed by atoms with Gasteiger partial charge in [-0.15, -0.1) is 0 Å². The Morgan fingerprint density at radius 2 is 1.85 bits per heavy atom. The van der Waals surface area contributed by atoms with Gasteiger partial charge in [-0.05, 0) is 55.2 Å². The summed E-state index contributed by atoms with van der Waals surface area (Å²) in [5.41, 5.74) is 3.67. The highest BCUT2D eigenvalue weighted by atomic mass is 35.5. The minimum absolute atomic E-state index is 0.0287. The second-order valence-electron chi connectivity index (χ2n) is 9.31. The van der Waals surface area contributed by atoms with Gasteiger partial charge in [-0.1, -0.05) is 43.6 Å². The van der Waals surface area contributed by atoms with Crippen molar-refractivity contribution in [2.75, 3.05) is 32.1 Å². The zero-order valence-corrected chi connectivity index (χ0v) is 21.1. The standard InChI is InChI=1S/C27H33ClN4O2/c1-19(2)25-24(26(30(3)4)32(29-25)22-9-6-5-7-10-22)18-31(17-23-11-8-16-34-23)27(33)20-12-14-21(28)15-13-20/h5-7,9-10,12-15,19,23H,8,11,16-18H2,1-4H3/t23-/m1/s1. The molecule has 0 bridgehead atoms. The summed E-state index contributed by atoms with van der Waals surface area (Å²) < 4.78 is 7.90. The molecular weight excluding hydrogens is 448 g/mol. The summed E-state index contributed by atoms with van der Waals surface area (Å²) in [7, 11) is 4.05. The number of rotatable bonds is 8. The molecule has 1 atom stereocenters. The van der Waals surface area contributed by atoms with E-state index in [-0.39, 0.29) is 17.9 Å². The van der Waals surface area contributed by atoms with Crippen molar-refractivity contribution in [1.29, 1.82) is 0 Å². The summed E-state index contributed by atoms with van der Waals surface area (Å²) in [5.74, 6) is 1.16. The van der Waals surface area contributed by atoms with Gasteiger partial charge in [-0.3, -0.25) is 4.79 Å². The fourth-order valence-corrected chi connectivity index (χ4v) is 4.63. The van der Waals surface area contributed by atoms with E-state index in [4.69, 9.17) is 21.4 Å². The van der Waals surface area contributed by atoms with Crippen molar-refractivity contribution in [3.05, 3.63) is 76.4 Å². The maximum absolute atomic E-state index is 13.7. The van der Waals surface area contributed by atoms with Gasteiger partial charge in [0, 0.05) is 43.4 Å². The number of anilines is 1. The number of amides is 1. The molecule has 1 aliphatic rings. The third kappa shape index (κ3) is 5.29. The molecule has 1 aliphatic heterocycles. The highest BCUT2D eigenvalue weighted by molar-refractivity contribution is 6.30. The predicted molar refractivity (Wildman–Crippen MR) is 137 cm³/mol. The summed E-state index contributed by atoms with van der Waals surface area (Å²) in [6, 6.07) is 17.2. The van der Waals surface area contributed by atoms with E-state index in [9.17, 15) is 4.79 Å². The fraction of sp³-hybridized carbons (Fsp3) is 0.407. The zero-order valence-electron chi connectivity index (χ0n) is 20.4. The second-order valence-corrected chi connectivity index (χ2v) is 9.75. The predicted octanol–water partition coefficient (Wildman–Crippen LogP) is 5.54. The van der Waals surface area contributed by atoms with Crippen LogP contribution < -0.4 is 4.90 Å². The van der Waals surface area contributed by atoms with E-state index in [0.29, 0.717) is 23.7 Å². The van der Waals surface area contributed by atoms with Crippen LogP contribution >= 0.6 is 11.6 Å². The quantitative estimate of drug-likeness (QED) is 0.425. The van der Waals surface area contributed by atoms with Crippen LogP contribution in [0.2, 0.25) is 5.02 Å². The van der Waals surface area contributed by atoms with Gasteiger partial charge in [-0.2, -0.15) is 5.10 Å². The van der Waals surface area contributed by atoms with Gasteiger partial charge in [-0.25, -0.2) is 4.68 Å². The van der Waals surface area contributed by atoms with Crippen LogP contribution in [-0.4, -0.2) is 53.9 Å². The first-order valence-corrected chi connectivity index (χ1v) is 12.2. The molecule has 0 radical (unpaired) electrons. The molecule has 4 rings (SSSR count). The molecule has 0 unspecified atom stereocenters. The number of ether oxygens (including phenoxy) is 1. The minimum atomic E-state index is -0.0287. The Balaban J connectivity index is 1.77. The lowest BCUT2D eigenvalue weighted by atomic mass is 10.0. The van der Waals surface area contributed by atoms with Crippen molar-refractivity contribution in [3.63, 3.8) is 0 Å². The highest BCUT2D eigenvalue weighted by Crippen LogP contribution is 2.32. The summed E-state index contributed by atoms with van der Waals surface area (Å²) in [6.07, 6.45) is 2.04. The van der Waals surface area contributed by atoms with E-state index in [1.807, 2.05) is 41.9 Å². The molecule has 3 aromatic rings. The third-order valence-electron chi connectivity index (χ3n) is 6.13. The first kappa shape index (κ1) is 24.3. The summed E-state index contributed by atoms with van der Waals surface area (Å²) in [5, 5.41) is 5.63. The van der Waals surface area contributed by atoms with Crippen molar-refractivity contribution in [2.24, 2.45) is 0 Å². The molecule has 0 N–H and O–H groups in total. The maximum atomic E-state index is 13.7. The molecule has 34 heavy (non-hydrogen) atoms. The van der Waals surface area contributed by atoms with E-state index >= 15 is 0 Å². The van der Waals surface area contributed by atoms with E-state index < -0.39 is 0 Å². The number of benzene rings is 2. The number of hydrogen-bond acceptors (Lipinski definition) is 4. The van der Waals surface area contributed by atoms with E-state index in [0.717, 1.165) is 42.2 Å². The SMILES string of the molecule is CC(C)c1nn(-c2ccccc2)c(N(C)C)c1CN(C[C@H]1CCCO1)C(=O)c1ccc(Cl)cc1. The Morgan fingerprint density at radius 1 is 1.15 bits per heavy atom. The lowest BCUT2D eigenvalue weighted by Gasteiger charge is -2.27. The van der Waals surface area contributed by atoms with Gasteiger partial charge in [0.25, 0.3) is 5.91 Å². The summed E-state index contributed by atoms with van der Waals surface area (Å²) in [6.45, 7) is 6.04. The van der Waals surface area contributed by atoms with Gasteiger partial charge in [0.05, 0.1) is 24.0 Å². The Bertz CT molecular complexity index is 1100. The van der Waals surface area contributed by atoms with Crippen LogP contribution in [0.1, 0.15) is 54.2 Å². The fourth-order valence-electron chi connectivity index (χ4n) is 4.50. The van der Waals surface area contributed by atoms with E-state index in [1.54, 1.807) is 24.3 Å². The van der Waals surface area contributed by atoms with Crippen LogP contribution in [0.5, 0.6) is 0 Å². The molecule has 0 saturated carbocycles. The van der Waals surface area contributed by atoms with Crippen LogP contribution in [0, 0.1) is 0 Å².